The maximum absolute atomic E-state index is 11.9. The first-order valence-electron chi connectivity index (χ1n) is 6.87. The summed E-state index contributed by atoms with van der Waals surface area (Å²) in [4.78, 5) is 6.88. The topological polar surface area (TPSA) is 44.7 Å². The second-order valence-electron chi connectivity index (χ2n) is 5.59. The first-order chi connectivity index (χ1) is 8.45. The lowest BCUT2D eigenvalue weighted by molar-refractivity contribution is 0.494. The summed E-state index contributed by atoms with van der Waals surface area (Å²) in [5, 5.41) is 3.31. The minimum atomic E-state index is -0.813. The summed E-state index contributed by atoms with van der Waals surface area (Å²) < 4.78 is 11.8. The van der Waals surface area contributed by atoms with Crippen LogP contribution in [0, 0.1) is 0 Å². The average molecular weight is 273 g/mol. The Bertz CT molecular complexity index is 304. The van der Waals surface area contributed by atoms with E-state index in [0.717, 1.165) is 25.6 Å². The van der Waals surface area contributed by atoms with Crippen LogP contribution >= 0.6 is 0 Å². The van der Waals surface area contributed by atoms with Crippen LogP contribution in [0.5, 0.6) is 0 Å². The van der Waals surface area contributed by atoms with E-state index in [1.165, 1.54) is 12.8 Å². The fraction of sp³-hybridized carbons (Fsp3) is 0.923. The van der Waals surface area contributed by atoms with E-state index < -0.39 is 10.8 Å². The van der Waals surface area contributed by atoms with Crippen molar-refractivity contribution < 1.29 is 4.21 Å². The van der Waals surface area contributed by atoms with Gasteiger partial charge < -0.3 is 10.2 Å². The van der Waals surface area contributed by atoms with Crippen molar-refractivity contribution in [2.45, 2.75) is 45.3 Å². The van der Waals surface area contributed by atoms with Crippen molar-refractivity contribution in [1.29, 1.82) is 0 Å². The third-order valence-electron chi connectivity index (χ3n) is 2.96. The molecule has 106 valence electrons. The van der Waals surface area contributed by atoms with E-state index in [4.69, 9.17) is 0 Å². The Morgan fingerprint density at radius 3 is 2.44 bits per heavy atom. The van der Waals surface area contributed by atoms with E-state index in [9.17, 15) is 4.21 Å². The number of guanidine groups is 1. The molecule has 1 aliphatic rings. The molecule has 18 heavy (non-hydrogen) atoms. The molecule has 0 aromatic carbocycles. The lowest BCUT2D eigenvalue weighted by atomic mass is 10.3. The first kappa shape index (κ1) is 15.5. The molecule has 0 saturated carbocycles. The molecule has 0 aromatic heterocycles. The number of nitrogens with one attached hydrogen (secondary N) is 1. The fourth-order valence-electron chi connectivity index (χ4n) is 1.90. The van der Waals surface area contributed by atoms with Gasteiger partial charge in [-0.15, -0.1) is 0 Å². The predicted molar refractivity (Wildman–Crippen MR) is 79.5 cm³/mol. The minimum absolute atomic E-state index is 0.137. The first-order valence-corrected chi connectivity index (χ1v) is 8.18. The summed E-state index contributed by atoms with van der Waals surface area (Å²) >= 11 is 0. The molecule has 0 amide bonds. The van der Waals surface area contributed by atoms with Crippen molar-refractivity contribution in [3.8, 4) is 0 Å². The average Bonchev–Trinajstić information content (AvgIpc) is 2.79. The molecule has 1 heterocycles. The van der Waals surface area contributed by atoms with Gasteiger partial charge in [0.25, 0.3) is 0 Å². The normalized spacial score (nSPS) is 19.1. The van der Waals surface area contributed by atoms with Crippen LogP contribution in [0.1, 0.15) is 40.5 Å². The van der Waals surface area contributed by atoms with Crippen LogP contribution in [0.25, 0.3) is 0 Å². The van der Waals surface area contributed by atoms with Gasteiger partial charge in [-0.05, 0) is 40.5 Å². The van der Waals surface area contributed by atoms with E-state index in [-0.39, 0.29) is 4.75 Å². The SMILES string of the molecule is CCNC(=NCCS(=O)C(C)(C)C)N1CCCC1. The number of hydrogen-bond donors (Lipinski definition) is 1. The summed E-state index contributed by atoms with van der Waals surface area (Å²) in [7, 11) is -0.813. The lowest BCUT2D eigenvalue weighted by Crippen LogP contribution is -2.40. The van der Waals surface area contributed by atoms with E-state index in [2.05, 4.69) is 22.1 Å². The van der Waals surface area contributed by atoms with Crippen LogP contribution in [0.4, 0.5) is 0 Å². The van der Waals surface area contributed by atoms with Gasteiger partial charge in [-0.2, -0.15) is 0 Å². The summed E-state index contributed by atoms with van der Waals surface area (Å²) in [6.07, 6.45) is 2.50. The molecule has 1 atom stereocenters. The van der Waals surface area contributed by atoms with E-state index >= 15 is 0 Å². The van der Waals surface area contributed by atoms with Crippen LogP contribution < -0.4 is 5.32 Å². The molecule has 1 fully saturated rings. The highest BCUT2D eigenvalue weighted by molar-refractivity contribution is 7.86. The molecule has 1 unspecified atom stereocenters. The van der Waals surface area contributed by atoms with Gasteiger partial charge >= 0.3 is 0 Å². The summed E-state index contributed by atoms with van der Waals surface area (Å²) in [5.74, 6) is 1.63. The molecule has 0 aliphatic carbocycles. The Hall–Kier alpha value is -0.580. The molecule has 0 aromatic rings. The Morgan fingerprint density at radius 1 is 1.33 bits per heavy atom. The minimum Gasteiger partial charge on any atom is -0.357 e. The van der Waals surface area contributed by atoms with Crippen LogP contribution in [0.15, 0.2) is 4.99 Å². The molecular weight excluding hydrogens is 246 g/mol. The predicted octanol–water partition coefficient (Wildman–Crippen LogP) is 1.59. The van der Waals surface area contributed by atoms with Crippen molar-refractivity contribution in [3.05, 3.63) is 0 Å². The fourth-order valence-corrected chi connectivity index (χ4v) is 2.76. The van der Waals surface area contributed by atoms with Gasteiger partial charge in [-0.25, -0.2) is 0 Å². The highest BCUT2D eigenvalue weighted by atomic mass is 32.2. The maximum atomic E-state index is 11.9. The van der Waals surface area contributed by atoms with Crippen LogP contribution in [0.3, 0.4) is 0 Å². The molecule has 0 radical (unpaired) electrons. The van der Waals surface area contributed by atoms with Crippen LogP contribution in [-0.2, 0) is 10.8 Å². The van der Waals surface area contributed by atoms with Crippen molar-refractivity contribution in [3.63, 3.8) is 0 Å². The quantitative estimate of drug-likeness (QED) is 0.625. The Labute approximate surface area is 114 Å². The monoisotopic (exact) mass is 273 g/mol. The Kier molecular flexibility index (Phi) is 6.12. The number of likely N-dealkylation sites (tertiary alicyclic amines) is 1. The summed E-state index contributed by atoms with van der Waals surface area (Å²) in [6.45, 7) is 11.8. The van der Waals surface area contributed by atoms with Crippen molar-refractivity contribution in [2.24, 2.45) is 4.99 Å². The Morgan fingerprint density at radius 2 is 1.94 bits per heavy atom. The Balaban J connectivity index is 2.47. The van der Waals surface area contributed by atoms with Crippen molar-refractivity contribution in [1.82, 2.24) is 10.2 Å². The highest BCUT2D eigenvalue weighted by Gasteiger charge is 2.19. The van der Waals surface area contributed by atoms with Gasteiger partial charge in [-0.1, -0.05) is 0 Å². The zero-order chi connectivity index (χ0) is 13.6. The van der Waals surface area contributed by atoms with Crippen LogP contribution in [0.2, 0.25) is 0 Å². The summed E-state index contributed by atoms with van der Waals surface area (Å²) in [6, 6.07) is 0. The molecule has 1 rings (SSSR count). The van der Waals surface area contributed by atoms with Gasteiger partial charge in [0.2, 0.25) is 0 Å². The zero-order valence-corrected chi connectivity index (χ0v) is 13.0. The third kappa shape index (κ3) is 4.96. The molecule has 1 saturated heterocycles. The third-order valence-corrected chi connectivity index (χ3v) is 4.88. The van der Waals surface area contributed by atoms with Crippen molar-refractivity contribution >= 4 is 16.8 Å². The van der Waals surface area contributed by atoms with Crippen molar-refractivity contribution in [2.75, 3.05) is 31.9 Å². The molecule has 0 bridgehead atoms. The highest BCUT2D eigenvalue weighted by Crippen LogP contribution is 2.11. The molecule has 0 spiro atoms. The van der Waals surface area contributed by atoms with E-state index in [1.807, 2.05) is 20.8 Å². The molecule has 1 N–H and O–H groups in total. The van der Waals surface area contributed by atoms with Gasteiger partial charge in [0.05, 0.1) is 6.54 Å². The van der Waals surface area contributed by atoms with Gasteiger partial charge in [0, 0.05) is 40.9 Å². The van der Waals surface area contributed by atoms with Gasteiger partial charge in [0.15, 0.2) is 5.96 Å². The lowest BCUT2D eigenvalue weighted by Gasteiger charge is -2.21. The molecule has 1 aliphatic heterocycles. The largest absolute Gasteiger partial charge is 0.357 e. The second kappa shape index (κ2) is 7.12. The maximum Gasteiger partial charge on any atom is 0.193 e. The molecule has 5 heteroatoms. The van der Waals surface area contributed by atoms with E-state index in [1.54, 1.807) is 0 Å². The number of aliphatic imine (C=N–C) groups is 1. The standard InChI is InChI=1S/C13H27N3OS/c1-5-14-12(16-9-6-7-10-16)15-8-11-18(17)13(2,3)4/h5-11H2,1-4H3,(H,14,15). The van der Waals surface area contributed by atoms with Gasteiger partial charge in [-0.3, -0.25) is 9.20 Å². The number of hydrogen-bond acceptors (Lipinski definition) is 2. The smallest absolute Gasteiger partial charge is 0.193 e. The van der Waals surface area contributed by atoms with Gasteiger partial charge in [0.1, 0.15) is 0 Å². The summed E-state index contributed by atoms with van der Waals surface area (Å²) in [5.41, 5.74) is 0. The second-order valence-corrected chi connectivity index (χ2v) is 7.92. The molecule has 4 nitrogen and oxygen atoms in total. The zero-order valence-electron chi connectivity index (χ0n) is 12.2. The number of rotatable bonds is 4. The van der Waals surface area contributed by atoms with Crippen LogP contribution in [-0.4, -0.2) is 51.7 Å². The molecular formula is C13H27N3OS. The van der Waals surface area contributed by atoms with E-state index in [0.29, 0.717) is 12.3 Å². The number of nitrogens with zero attached hydrogens (tertiary/aromatic N) is 2.